The number of nitrogens with zero attached hydrogens (tertiary/aromatic N) is 2. The fraction of sp³-hybridized carbons (Fsp3) is 0.348. The zero-order chi connectivity index (χ0) is 21.7. The minimum Gasteiger partial charge on any atom is -0.394 e. The summed E-state index contributed by atoms with van der Waals surface area (Å²) in [5.74, 6) is -0.116. The molecule has 0 spiro atoms. The van der Waals surface area contributed by atoms with Gasteiger partial charge >= 0.3 is 0 Å². The molecular formula is C23H25N3O4. The number of rotatable bonds is 6. The van der Waals surface area contributed by atoms with Gasteiger partial charge < -0.3 is 20.1 Å². The van der Waals surface area contributed by atoms with Crippen LogP contribution in [0.15, 0.2) is 48.5 Å². The van der Waals surface area contributed by atoms with Crippen LogP contribution in [0.3, 0.4) is 0 Å². The molecule has 0 bridgehead atoms. The maximum absolute atomic E-state index is 12.4. The third kappa shape index (κ3) is 4.85. The summed E-state index contributed by atoms with van der Waals surface area (Å²) in [5, 5.41) is 21.6. The number of anilines is 1. The van der Waals surface area contributed by atoms with Crippen LogP contribution in [0.1, 0.15) is 41.4 Å². The summed E-state index contributed by atoms with van der Waals surface area (Å²) in [4.78, 5) is 26.3. The number of morpholine rings is 1. The van der Waals surface area contributed by atoms with Crippen LogP contribution < -0.4 is 5.32 Å². The van der Waals surface area contributed by atoms with E-state index in [0.717, 1.165) is 5.56 Å². The van der Waals surface area contributed by atoms with Crippen molar-refractivity contribution in [2.45, 2.75) is 26.0 Å². The third-order valence-corrected chi connectivity index (χ3v) is 4.98. The Kier molecular flexibility index (Phi) is 6.83. The number of ether oxygens (including phenoxy) is 1. The van der Waals surface area contributed by atoms with E-state index in [-0.39, 0.29) is 30.9 Å². The number of aliphatic hydroxyl groups excluding tert-OH is 1. The fourth-order valence-corrected chi connectivity index (χ4v) is 3.50. The lowest BCUT2D eigenvalue weighted by molar-refractivity contribution is -0.161. The van der Waals surface area contributed by atoms with Crippen molar-refractivity contribution in [2.75, 3.05) is 25.1 Å². The van der Waals surface area contributed by atoms with Crippen molar-refractivity contribution >= 4 is 17.5 Å². The number of carbonyl (C=O) groups is 2. The van der Waals surface area contributed by atoms with Crippen LogP contribution in [-0.2, 0) is 9.53 Å². The molecule has 0 radical (unpaired) electrons. The average Bonchev–Trinajstić information content (AvgIpc) is 2.75. The van der Waals surface area contributed by atoms with Gasteiger partial charge in [0.15, 0.2) is 0 Å². The fourth-order valence-electron chi connectivity index (χ4n) is 3.50. The third-order valence-electron chi connectivity index (χ3n) is 4.98. The van der Waals surface area contributed by atoms with Crippen LogP contribution in [0, 0.1) is 17.2 Å². The zero-order valence-electron chi connectivity index (χ0n) is 17.0. The van der Waals surface area contributed by atoms with Gasteiger partial charge in [-0.15, -0.1) is 0 Å². The van der Waals surface area contributed by atoms with Gasteiger partial charge in [0.05, 0.1) is 24.3 Å². The molecule has 0 unspecified atom stereocenters. The number of hydrogen-bond acceptors (Lipinski definition) is 5. The molecule has 1 heterocycles. The SMILES string of the molecule is CC(C)CN1C(=O)CO[C@H](c2ccc(NC(=O)c3ccc(C#N)cc3)cc2)[C@H]1CO. The van der Waals surface area contributed by atoms with Gasteiger partial charge in [0.25, 0.3) is 5.91 Å². The summed E-state index contributed by atoms with van der Waals surface area (Å²) in [6.07, 6.45) is -0.435. The van der Waals surface area contributed by atoms with Gasteiger partial charge in [-0.1, -0.05) is 26.0 Å². The largest absolute Gasteiger partial charge is 0.394 e. The number of benzene rings is 2. The molecule has 1 saturated heterocycles. The standard InChI is InChI=1S/C23H25N3O4/c1-15(2)12-26-20(13-27)22(30-14-21(26)28)17-7-9-19(10-8-17)25-23(29)18-5-3-16(11-24)4-6-18/h3-10,15,20,22,27H,12-14H2,1-2H3,(H,25,29)/t20-,22-/m1/s1. The highest BCUT2D eigenvalue weighted by Crippen LogP contribution is 2.30. The number of nitrogens with one attached hydrogen (secondary N) is 1. The lowest BCUT2D eigenvalue weighted by atomic mass is 9.98. The molecule has 30 heavy (non-hydrogen) atoms. The molecular weight excluding hydrogens is 382 g/mol. The first-order valence-corrected chi connectivity index (χ1v) is 9.86. The second-order valence-electron chi connectivity index (χ2n) is 7.69. The predicted octanol–water partition coefficient (Wildman–Crippen LogP) is 2.73. The van der Waals surface area contributed by atoms with E-state index in [2.05, 4.69) is 5.32 Å². The highest BCUT2D eigenvalue weighted by molar-refractivity contribution is 6.04. The molecule has 2 amide bonds. The Labute approximate surface area is 175 Å². The molecule has 1 aliphatic heterocycles. The van der Waals surface area contributed by atoms with Crippen molar-refractivity contribution in [3.05, 3.63) is 65.2 Å². The van der Waals surface area contributed by atoms with Crippen LogP contribution in [0.4, 0.5) is 5.69 Å². The normalized spacial score (nSPS) is 18.9. The van der Waals surface area contributed by atoms with Crippen LogP contribution in [0.2, 0.25) is 0 Å². The summed E-state index contributed by atoms with van der Waals surface area (Å²) < 4.78 is 5.74. The lowest BCUT2D eigenvalue weighted by Crippen LogP contribution is -2.53. The average molecular weight is 407 g/mol. The quantitative estimate of drug-likeness (QED) is 0.766. The number of hydrogen-bond donors (Lipinski definition) is 2. The van der Waals surface area contributed by atoms with E-state index < -0.39 is 12.1 Å². The van der Waals surface area contributed by atoms with Gasteiger partial charge in [0.1, 0.15) is 12.7 Å². The maximum atomic E-state index is 12.4. The van der Waals surface area contributed by atoms with E-state index in [1.807, 2.05) is 32.0 Å². The van der Waals surface area contributed by atoms with Crippen molar-refractivity contribution in [1.29, 1.82) is 5.26 Å². The van der Waals surface area contributed by atoms with Crippen LogP contribution in [0.5, 0.6) is 0 Å². The Bertz CT molecular complexity index is 932. The first kappa shape index (κ1) is 21.5. The first-order valence-electron chi connectivity index (χ1n) is 9.86. The minimum absolute atomic E-state index is 0.0228. The van der Waals surface area contributed by atoms with Gasteiger partial charge in [-0.05, 0) is 47.9 Å². The molecule has 7 nitrogen and oxygen atoms in total. The predicted molar refractivity (Wildman–Crippen MR) is 112 cm³/mol. The Balaban J connectivity index is 1.71. The summed E-state index contributed by atoms with van der Waals surface area (Å²) >= 11 is 0. The monoisotopic (exact) mass is 407 g/mol. The van der Waals surface area contributed by atoms with Crippen molar-refractivity contribution in [3.63, 3.8) is 0 Å². The molecule has 2 aromatic rings. The molecule has 0 saturated carbocycles. The van der Waals surface area contributed by atoms with Crippen LogP contribution >= 0.6 is 0 Å². The topological polar surface area (TPSA) is 103 Å². The van der Waals surface area contributed by atoms with E-state index in [0.29, 0.717) is 23.4 Å². The van der Waals surface area contributed by atoms with E-state index in [9.17, 15) is 14.7 Å². The van der Waals surface area contributed by atoms with Gasteiger partial charge in [0.2, 0.25) is 5.91 Å². The van der Waals surface area contributed by atoms with Crippen LogP contribution in [0.25, 0.3) is 0 Å². The number of amides is 2. The van der Waals surface area contributed by atoms with E-state index in [1.54, 1.807) is 41.3 Å². The minimum atomic E-state index is -0.451. The molecule has 3 rings (SSSR count). The number of carbonyl (C=O) groups excluding carboxylic acids is 2. The molecule has 1 fully saturated rings. The second-order valence-corrected chi connectivity index (χ2v) is 7.69. The van der Waals surface area contributed by atoms with E-state index in [4.69, 9.17) is 10.00 Å². The smallest absolute Gasteiger partial charge is 0.255 e. The molecule has 0 aromatic heterocycles. The number of aliphatic hydroxyl groups is 1. The van der Waals surface area contributed by atoms with Crippen molar-refractivity contribution in [1.82, 2.24) is 4.90 Å². The highest BCUT2D eigenvalue weighted by atomic mass is 16.5. The second kappa shape index (κ2) is 9.53. The van der Waals surface area contributed by atoms with Gasteiger partial charge in [0, 0.05) is 17.8 Å². The van der Waals surface area contributed by atoms with Crippen molar-refractivity contribution < 1.29 is 19.4 Å². The molecule has 7 heteroatoms. The Morgan fingerprint density at radius 1 is 1.23 bits per heavy atom. The highest BCUT2D eigenvalue weighted by Gasteiger charge is 2.37. The molecule has 2 N–H and O–H groups in total. The Morgan fingerprint density at radius 3 is 2.47 bits per heavy atom. The summed E-state index contributed by atoms with van der Waals surface area (Å²) in [7, 11) is 0. The summed E-state index contributed by atoms with van der Waals surface area (Å²) in [6, 6.07) is 15.1. The molecule has 1 aliphatic rings. The Hall–Kier alpha value is -3.21. The zero-order valence-corrected chi connectivity index (χ0v) is 17.0. The van der Waals surface area contributed by atoms with Gasteiger partial charge in [-0.2, -0.15) is 5.26 Å². The van der Waals surface area contributed by atoms with E-state index in [1.165, 1.54) is 0 Å². The van der Waals surface area contributed by atoms with E-state index >= 15 is 0 Å². The van der Waals surface area contributed by atoms with Gasteiger partial charge in [-0.3, -0.25) is 9.59 Å². The summed E-state index contributed by atoms with van der Waals surface area (Å²) in [6.45, 7) is 4.39. The van der Waals surface area contributed by atoms with Gasteiger partial charge in [-0.25, -0.2) is 0 Å². The molecule has 2 aromatic carbocycles. The first-order chi connectivity index (χ1) is 14.4. The Morgan fingerprint density at radius 2 is 1.90 bits per heavy atom. The number of nitriles is 1. The van der Waals surface area contributed by atoms with Crippen molar-refractivity contribution in [2.24, 2.45) is 5.92 Å². The van der Waals surface area contributed by atoms with Crippen molar-refractivity contribution in [3.8, 4) is 6.07 Å². The lowest BCUT2D eigenvalue weighted by Gasteiger charge is -2.41. The van der Waals surface area contributed by atoms with Crippen LogP contribution in [-0.4, -0.2) is 47.6 Å². The maximum Gasteiger partial charge on any atom is 0.255 e. The molecule has 2 atom stereocenters. The molecule has 156 valence electrons. The summed E-state index contributed by atoms with van der Waals surface area (Å²) in [5.41, 5.74) is 2.38. The molecule has 0 aliphatic carbocycles.